The summed E-state index contributed by atoms with van der Waals surface area (Å²) < 4.78 is 2.76. The summed E-state index contributed by atoms with van der Waals surface area (Å²) in [6, 6.07) is 17.1. The Kier molecular flexibility index (Phi) is 6.74. The Morgan fingerprint density at radius 1 is 1.13 bits per heavy atom. The summed E-state index contributed by atoms with van der Waals surface area (Å²) in [5.74, 6) is -0.378. The lowest BCUT2D eigenvalue weighted by atomic mass is 10.1. The topological polar surface area (TPSA) is 54.0 Å². The van der Waals surface area contributed by atoms with Crippen molar-refractivity contribution in [3.63, 3.8) is 0 Å². The van der Waals surface area contributed by atoms with Crippen LogP contribution in [0.15, 0.2) is 63.5 Å². The van der Waals surface area contributed by atoms with Crippen LogP contribution >= 0.6 is 67.0 Å². The lowest BCUT2D eigenvalue weighted by Crippen LogP contribution is -2.34. The van der Waals surface area contributed by atoms with Crippen molar-refractivity contribution in [1.82, 2.24) is 10.3 Å². The van der Waals surface area contributed by atoms with E-state index in [9.17, 15) is 4.79 Å². The molecule has 1 heterocycles. The molecular weight excluding hydrogens is 582 g/mol. The molecule has 0 radical (unpaired) electrons. The molecule has 0 unspecified atom stereocenters. The molecule has 9 heteroatoms. The van der Waals surface area contributed by atoms with Crippen molar-refractivity contribution in [1.29, 1.82) is 0 Å². The summed E-state index contributed by atoms with van der Waals surface area (Å²) in [5.41, 5.74) is 3.82. The van der Waals surface area contributed by atoms with Crippen molar-refractivity contribution in [2.75, 3.05) is 5.32 Å². The van der Waals surface area contributed by atoms with E-state index in [0.717, 1.165) is 35.3 Å². The number of para-hydroxylation sites is 1. The van der Waals surface area contributed by atoms with E-state index < -0.39 is 0 Å². The average molecular weight is 596 g/mol. The smallest absolute Gasteiger partial charge is 0.258 e. The molecule has 2 N–H and O–H groups in total. The number of amides is 1. The number of anilines is 1. The maximum Gasteiger partial charge on any atom is 0.258 e. The predicted molar refractivity (Wildman–Crippen MR) is 140 cm³/mol. The number of halogens is 3. The van der Waals surface area contributed by atoms with E-state index in [-0.39, 0.29) is 11.0 Å². The van der Waals surface area contributed by atoms with E-state index >= 15 is 0 Å². The standard InChI is InChI=1S/C22H14Br2ClN3OS2/c1-11-6-7-13(16(25)8-11)20(29)28-22(30)27-19-14(9-12(23)10-15(19)24)21-26-17-4-2-3-5-18(17)31-21/h2-10H,1H3,(H2,27,28,29,30). The van der Waals surface area contributed by atoms with Gasteiger partial charge in [-0.2, -0.15) is 0 Å². The van der Waals surface area contributed by atoms with Gasteiger partial charge in [0, 0.05) is 14.5 Å². The van der Waals surface area contributed by atoms with Crippen LogP contribution in [0.3, 0.4) is 0 Å². The van der Waals surface area contributed by atoms with E-state index in [1.54, 1.807) is 23.5 Å². The van der Waals surface area contributed by atoms with Gasteiger partial charge in [-0.15, -0.1) is 11.3 Å². The third kappa shape index (κ3) is 4.99. The van der Waals surface area contributed by atoms with Crippen LogP contribution in [0.4, 0.5) is 5.69 Å². The molecule has 1 amide bonds. The van der Waals surface area contributed by atoms with E-state index in [2.05, 4.69) is 42.5 Å². The van der Waals surface area contributed by atoms with Crippen LogP contribution in [0.2, 0.25) is 5.02 Å². The first kappa shape index (κ1) is 22.4. The molecule has 0 aliphatic carbocycles. The van der Waals surface area contributed by atoms with Gasteiger partial charge in [-0.3, -0.25) is 10.1 Å². The predicted octanol–water partition coefficient (Wildman–Crippen LogP) is 7.58. The first-order valence-corrected chi connectivity index (χ1v) is 12.2. The maximum atomic E-state index is 12.6. The van der Waals surface area contributed by atoms with Crippen LogP contribution < -0.4 is 10.6 Å². The quantitative estimate of drug-likeness (QED) is 0.240. The molecule has 0 aliphatic heterocycles. The first-order chi connectivity index (χ1) is 14.8. The van der Waals surface area contributed by atoms with Gasteiger partial charge in [0.25, 0.3) is 5.91 Å². The molecule has 4 aromatic rings. The molecule has 0 spiro atoms. The SMILES string of the molecule is Cc1ccc(C(=O)NC(=S)Nc2c(Br)cc(Br)cc2-c2nc3ccccc3s2)c(Cl)c1. The zero-order valence-corrected chi connectivity index (χ0v) is 21.6. The first-order valence-electron chi connectivity index (χ1n) is 9.05. The highest BCUT2D eigenvalue weighted by molar-refractivity contribution is 9.11. The Morgan fingerprint density at radius 3 is 2.65 bits per heavy atom. The molecule has 0 saturated heterocycles. The number of fused-ring (bicyclic) bond motifs is 1. The van der Waals surface area contributed by atoms with Gasteiger partial charge in [0.15, 0.2) is 5.11 Å². The number of carbonyl (C=O) groups is 1. The van der Waals surface area contributed by atoms with E-state index in [0.29, 0.717) is 16.3 Å². The molecule has 0 saturated carbocycles. The number of thiazole rings is 1. The van der Waals surface area contributed by atoms with Gasteiger partial charge in [-0.05, 0) is 77.0 Å². The minimum Gasteiger partial charge on any atom is -0.331 e. The van der Waals surface area contributed by atoms with Gasteiger partial charge in [-0.25, -0.2) is 4.98 Å². The number of aromatic nitrogens is 1. The summed E-state index contributed by atoms with van der Waals surface area (Å²) in [6.45, 7) is 1.91. The number of rotatable bonds is 3. The third-order valence-electron chi connectivity index (χ3n) is 4.41. The Bertz CT molecular complexity index is 1310. The number of carbonyl (C=O) groups excluding carboxylic acids is 1. The maximum absolute atomic E-state index is 12.6. The lowest BCUT2D eigenvalue weighted by molar-refractivity contribution is 0.0978. The molecule has 0 fully saturated rings. The second kappa shape index (κ2) is 9.34. The van der Waals surface area contributed by atoms with Gasteiger partial charge < -0.3 is 5.32 Å². The lowest BCUT2D eigenvalue weighted by Gasteiger charge is -2.15. The normalized spacial score (nSPS) is 10.8. The number of thiocarbonyl (C=S) groups is 1. The molecule has 3 aromatic carbocycles. The van der Waals surface area contributed by atoms with Crippen LogP contribution in [0.25, 0.3) is 20.8 Å². The number of nitrogens with zero attached hydrogens (tertiary/aromatic N) is 1. The zero-order valence-electron chi connectivity index (χ0n) is 16.0. The van der Waals surface area contributed by atoms with Crippen LogP contribution in [-0.4, -0.2) is 16.0 Å². The van der Waals surface area contributed by atoms with Gasteiger partial charge >= 0.3 is 0 Å². The van der Waals surface area contributed by atoms with E-state index in [4.69, 9.17) is 28.8 Å². The Hall–Kier alpha value is -1.84. The minimum absolute atomic E-state index is 0.159. The average Bonchev–Trinajstić information content (AvgIpc) is 3.13. The Balaban J connectivity index is 1.63. The highest BCUT2D eigenvalue weighted by atomic mass is 79.9. The largest absolute Gasteiger partial charge is 0.331 e. The summed E-state index contributed by atoms with van der Waals surface area (Å²) in [7, 11) is 0. The highest BCUT2D eigenvalue weighted by Gasteiger charge is 2.18. The number of hydrogen-bond donors (Lipinski definition) is 2. The number of benzene rings is 3. The molecule has 1 aromatic heterocycles. The monoisotopic (exact) mass is 593 g/mol. The van der Waals surface area contributed by atoms with E-state index in [1.807, 2.05) is 49.4 Å². The Morgan fingerprint density at radius 2 is 1.90 bits per heavy atom. The number of nitrogens with one attached hydrogen (secondary N) is 2. The van der Waals surface area contributed by atoms with Crippen molar-refractivity contribution in [2.45, 2.75) is 6.92 Å². The second-order valence-electron chi connectivity index (χ2n) is 6.69. The van der Waals surface area contributed by atoms with Crippen LogP contribution in [-0.2, 0) is 0 Å². The Labute approximate surface area is 210 Å². The molecule has 0 aliphatic rings. The van der Waals surface area contributed by atoms with Crippen molar-refractivity contribution in [2.24, 2.45) is 0 Å². The molecule has 0 bridgehead atoms. The molecule has 31 heavy (non-hydrogen) atoms. The van der Waals surface area contributed by atoms with Crippen molar-refractivity contribution in [3.05, 3.63) is 79.7 Å². The zero-order chi connectivity index (χ0) is 22.1. The van der Waals surface area contributed by atoms with Crippen LogP contribution in [0, 0.1) is 6.92 Å². The van der Waals surface area contributed by atoms with Crippen LogP contribution in [0.1, 0.15) is 15.9 Å². The molecule has 156 valence electrons. The van der Waals surface area contributed by atoms with Crippen LogP contribution in [0.5, 0.6) is 0 Å². The van der Waals surface area contributed by atoms with Gasteiger partial charge in [0.2, 0.25) is 0 Å². The summed E-state index contributed by atoms with van der Waals surface area (Å²) in [6.07, 6.45) is 0. The van der Waals surface area contributed by atoms with Gasteiger partial charge in [0.1, 0.15) is 5.01 Å². The van der Waals surface area contributed by atoms with Gasteiger partial charge in [-0.1, -0.05) is 45.7 Å². The van der Waals surface area contributed by atoms with Crippen molar-refractivity contribution >= 4 is 93.9 Å². The fourth-order valence-electron chi connectivity index (χ4n) is 2.98. The molecule has 4 rings (SSSR count). The third-order valence-corrected chi connectivity index (χ3v) is 7.08. The second-order valence-corrected chi connectivity index (χ2v) is 10.3. The molecule has 0 atom stereocenters. The fraction of sp³-hybridized carbons (Fsp3) is 0.0455. The molecular formula is C22H14Br2ClN3OS2. The van der Waals surface area contributed by atoms with E-state index in [1.165, 1.54) is 0 Å². The molecule has 4 nitrogen and oxygen atoms in total. The summed E-state index contributed by atoms with van der Waals surface area (Å²) in [4.78, 5) is 17.4. The van der Waals surface area contributed by atoms with Crippen molar-refractivity contribution in [3.8, 4) is 10.6 Å². The summed E-state index contributed by atoms with van der Waals surface area (Å²) in [5, 5.41) is 7.20. The minimum atomic E-state index is -0.378. The fourth-order valence-corrected chi connectivity index (χ4v) is 5.80. The summed E-state index contributed by atoms with van der Waals surface area (Å²) >= 11 is 20.3. The number of hydrogen-bond acceptors (Lipinski definition) is 4. The number of aryl methyl sites for hydroxylation is 1. The van der Waals surface area contributed by atoms with Gasteiger partial charge in [0.05, 0.1) is 26.5 Å². The highest BCUT2D eigenvalue weighted by Crippen LogP contribution is 2.40. The van der Waals surface area contributed by atoms with Crippen molar-refractivity contribution < 1.29 is 4.79 Å².